The van der Waals surface area contributed by atoms with Gasteiger partial charge in [-0.05, 0) is 19.4 Å². The molecule has 0 heterocycles. The van der Waals surface area contributed by atoms with Crippen molar-refractivity contribution in [3.05, 3.63) is 0 Å². The molecule has 0 unspecified atom stereocenters. The summed E-state index contributed by atoms with van der Waals surface area (Å²) in [6, 6.07) is 0.539. The number of hydrogen-bond donors (Lipinski definition) is 1. The fraction of sp³-hybridized carbons (Fsp3) is 0.929. The Bertz CT molecular complexity index is 205. The highest BCUT2D eigenvalue weighted by molar-refractivity contribution is 5.81. The lowest BCUT2D eigenvalue weighted by Gasteiger charge is -2.08. The van der Waals surface area contributed by atoms with Crippen LogP contribution in [-0.2, 0) is 14.3 Å². The van der Waals surface area contributed by atoms with Crippen LogP contribution in [0.15, 0.2) is 0 Å². The zero-order chi connectivity index (χ0) is 13.8. The maximum atomic E-state index is 11.2. The first-order valence-corrected chi connectivity index (χ1v) is 6.95. The maximum absolute atomic E-state index is 11.2. The number of carbonyl (C=O) groups excluding carboxylic acids is 1. The number of ketones is 1. The van der Waals surface area contributed by atoms with Crippen molar-refractivity contribution in [3.63, 3.8) is 0 Å². The van der Waals surface area contributed by atoms with Crippen LogP contribution in [-0.4, -0.2) is 44.8 Å². The summed E-state index contributed by atoms with van der Waals surface area (Å²) in [4.78, 5) is 11.2. The Morgan fingerprint density at radius 1 is 1.00 bits per heavy atom. The van der Waals surface area contributed by atoms with Crippen LogP contribution in [0.2, 0.25) is 0 Å². The van der Waals surface area contributed by atoms with Gasteiger partial charge in [0.05, 0.1) is 0 Å². The van der Waals surface area contributed by atoms with Crippen molar-refractivity contribution in [2.75, 3.05) is 33.0 Å². The number of hydrogen-bond acceptors (Lipinski definition) is 4. The van der Waals surface area contributed by atoms with E-state index in [4.69, 9.17) is 9.47 Å². The quantitative estimate of drug-likeness (QED) is 0.545. The van der Waals surface area contributed by atoms with Crippen molar-refractivity contribution in [1.29, 1.82) is 0 Å². The van der Waals surface area contributed by atoms with Gasteiger partial charge in [-0.1, -0.05) is 27.7 Å². The van der Waals surface area contributed by atoms with Crippen LogP contribution in [0.25, 0.3) is 0 Å². The van der Waals surface area contributed by atoms with Crippen LogP contribution in [0.3, 0.4) is 0 Å². The molecule has 0 saturated carbocycles. The molecule has 0 atom stereocenters. The average molecular weight is 259 g/mol. The van der Waals surface area contributed by atoms with Gasteiger partial charge in [-0.15, -0.1) is 0 Å². The van der Waals surface area contributed by atoms with E-state index in [1.165, 1.54) is 0 Å². The maximum Gasteiger partial charge on any atom is 0.160 e. The third-order valence-electron chi connectivity index (χ3n) is 2.48. The van der Waals surface area contributed by atoms with Crippen LogP contribution < -0.4 is 5.32 Å². The molecule has 0 amide bonds. The molecule has 1 N–H and O–H groups in total. The molecule has 0 spiro atoms. The molecule has 0 radical (unpaired) electrons. The first-order chi connectivity index (χ1) is 8.54. The van der Waals surface area contributed by atoms with Crippen molar-refractivity contribution in [2.24, 2.45) is 5.92 Å². The molecule has 0 aliphatic carbocycles. The molecular formula is C14H29NO3. The minimum Gasteiger partial charge on any atom is -0.381 e. The molecule has 108 valence electrons. The molecule has 0 rings (SSSR count). The summed E-state index contributed by atoms with van der Waals surface area (Å²) in [5.41, 5.74) is 0. The van der Waals surface area contributed by atoms with Crippen LogP contribution in [0, 0.1) is 5.92 Å². The van der Waals surface area contributed by atoms with E-state index in [9.17, 15) is 4.79 Å². The zero-order valence-electron chi connectivity index (χ0n) is 12.3. The van der Waals surface area contributed by atoms with Crippen LogP contribution in [0.5, 0.6) is 0 Å². The second-order valence-corrected chi connectivity index (χ2v) is 5.10. The number of carbonyl (C=O) groups is 1. The van der Waals surface area contributed by atoms with Gasteiger partial charge >= 0.3 is 0 Å². The third-order valence-corrected chi connectivity index (χ3v) is 2.48. The average Bonchev–Trinajstić information content (AvgIpc) is 2.30. The second-order valence-electron chi connectivity index (χ2n) is 5.10. The fourth-order valence-corrected chi connectivity index (χ4v) is 1.27. The molecular weight excluding hydrogens is 230 g/mol. The standard InChI is InChI=1S/C14H29NO3/c1-12(2)14(16)11-18-10-6-9-17-8-5-7-15-13(3)4/h12-13,15H,5-11H2,1-4H3. The summed E-state index contributed by atoms with van der Waals surface area (Å²) >= 11 is 0. The molecule has 0 aliphatic heterocycles. The molecule has 0 bridgehead atoms. The molecule has 0 fully saturated rings. The highest BCUT2D eigenvalue weighted by Crippen LogP contribution is 1.95. The lowest BCUT2D eigenvalue weighted by molar-refractivity contribution is -0.126. The molecule has 0 aromatic rings. The summed E-state index contributed by atoms with van der Waals surface area (Å²) < 4.78 is 10.7. The van der Waals surface area contributed by atoms with Gasteiger partial charge in [0.2, 0.25) is 0 Å². The Morgan fingerprint density at radius 2 is 1.61 bits per heavy atom. The largest absolute Gasteiger partial charge is 0.381 e. The Balaban J connectivity index is 3.10. The molecule has 0 aromatic heterocycles. The molecule has 0 aromatic carbocycles. The minimum absolute atomic E-state index is 0.0645. The van der Waals surface area contributed by atoms with E-state index in [2.05, 4.69) is 19.2 Å². The second kappa shape index (κ2) is 11.6. The van der Waals surface area contributed by atoms with Crippen molar-refractivity contribution >= 4 is 5.78 Å². The van der Waals surface area contributed by atoms with E-state index in [1.807, 2.05) is 13.8 Å². The highest BCUT2D eigenvalue weighted by Gasteiger charge is 2.06. The molecule has 0 aliphatic rings. The van der Waals surface area contributed by atoms with Crippen molar-refractivity contribution < 1.29 is 14.3 Å². The minimum atomic E-state index is 0.0645. The van der Waals surface area contributed by atoms with Gasteiger partial charge in [-0.25, -0.2) is 0 Å². The van der Waals surface area contributed by atoms with Gasteiger partial charge in [0, 0.05) is 31.8 Å². The van der Waals surface area contributed by atoms with Gasteiger partial charge in [0.15, 0.2) is 5.78 Å². The Labute approximate surface area is 111 Å². The van der Waals surface area contributed by atoms with E-state index in [1.54, 1.807) is 0 Å². The molecule has 0 saturated heterocycles. The Kier molecular flexibility index (Phi) is 11.3. The number of nitrogens with one attached hydrogen (secondary N) is 1. The molecule has 4 heteroatoms. The summed E-state index contributed by atoms with van der Waals surface area (Å²) in [5, 5.41) is 3.34. The fourth-order valence-electron chi connectivity index (χ4n) is 1.27. The van der Waals surface area contributed by atoms with E-state index in [0.717, 1.165) is 26.0 Å². The van der Waals surface area contributed by atoms with Gasteiger partial charge in [0.25, 0.3) is 0 Å². The van der Waals surface area contributed by atoms with Gasteiger partial charge < -0.3 is 14.8 Å². The molecule has 4 nitrogen and oxygen atoms in total. The topological polar surface area (TPSA) is 47.6 Å². The number of Topliss-reactive ketones (excluding diaryl/α,β-unsaturated/α-hetero) is 1. The predicted octanol–water partition coefficient (Wildman–Crippen LogP) is 2.02. The van der Waals surface area contributed by atoms with Crippen LogP contribution >= 0.6 is 0 Å². The van der Waals surface area contributed by atoms with Gasteiger partial charge in [-0.3, -0.25) is 4.79 Å². The van der Waals surface area contributed by atoms with Gasteiger partial charge in [0.1, 0.15) is 6.61 Å². The number of rotatable bonds is 12. The van der Waals surface area contributed by atoms with Crippen LogP contribution in [0.1, 0.15) is 40.5 Å². The lowest BCUT2D eigenvalue weighted by Crippen LogP contribution is -2.24. The van der Waals surface area contributed by atoms with Gasteiger partial charge in [-0.2, -0.15) is 0 Å². The highest BCUT2D eigenvalue weighted by atomic mass is 16.5. The SMILES string of the molecule is CC(C)NCCCOCCCOCC(=O)C(C)C. The number of ether oxygens (including phenoxy) is 2. The third kappa shape index (κ3) is 12.0. The van der Waals surface area contributed by atoms with Crippen molar-refractivity contribution in [3.8, 4) is 0 Å². The normalized spacial score (nSPS) is 11.4. The Morgan fingerprint density at radius 3 is 2.22 bits per heavy atom. The summed E-state index contributed by atoms with van der Waals surface area (Å²) in [5.74, 6) is 0.227. The summed E-state index contributed by atoms with van der Waals surface area (Å²) in [7, 11) is 0. The smallest absolute Gasteiger partial charge is 0.160 e. The van der Waals surface area contributed by atoms with E-state index in [-0.39, 0.29) is 18.3 Å². The van der Waals surface area contributed by atoms with E-state index >= 15 is 0 Å². The Hall–Kier alpha value is -0.450. The first kappa shape index (κ1) is 17.6. The van der Waals surface area contributed by atoms with E-state index in [0.29, 0.717) is 19.3 Å². The van der Waals surface area contributed by atoms with Crippen molar-refractivity contribution in [1.82, 2.24) is 5.32 Å². The monoisotopic (exact) mass is 259 g/mol. The lowest BCUT2D eigenvalue weighted by atomic mass is 10.1. The molecule has 18 heavy (non-hydrogen) atoms. The van der Waals surface area contributed by atoms with E-state index < -0.39 is 0 Å². The summed E-state index contributed by atoms with van der Waals surface area (Å²) in [6.07, 6.45) is 1.88. The zero-order valence-corrected chi connectivity index (χ0v) is 12.3. The summed E-state index contributed by atoms with van der Waals surface area (Å²) in [6.45, 7) is 11.4. The predicted molar refractivity (Wildman–Crippen MR) is 73.9 cm³/mol. The first-order valence-electron chi connectivity index (χ1n) is 6.95. The van der Waals surface area contributed by atoms with Crippen LogP contribution in [0.4, 0.5) is 0 Å². The van der Waals surface area contributed by atoms with Crippen molar-refractivity contribution in [2.45, 2.75) is 46.6 Å².